The quantitative estimate of drug-likeness (QED) is 0.0420. The Morgan fingerprint density at radius 2 is 0.719 bits per heavy atom. The van der Waals surface area contributed by atoms with Gasteiger partial charge in [-0.3, -0.25) is 9.59 Å². The van der Waals surface area contributed by atoms with Crippen molar-refractivity contribution in [2.45, 2.75) is 302 Å². The highest BCUT2D eigenvalue weighted by atomic mass is 16.5. The molecule has 0 fully saturated rings. The maximum Gasteiger partial charge on any atom is 0.305 e. The standard InChI is InChI=1S/C51H101NO5/c1-3-5-7-9-11-13-15-16-17-18-19-20-21-25-29-33-37-41-45-51(56)57-46-42-38-34-30-26-23-22-24-28-32-36-40-44-50(55)52-48(47-53)49(54)43-39-35-31-27-14-12-10-8-6-4-2/h48-49,53-54H,3-47H2,1-2H3,(H,52,55). The first-order valence-electron chi connectivity index (χ1n) is 25.8. The first-order valence-corrected chi connectivity index (χ1v) is 25.8. The van der Waals surface area contributed by atoms with Crippen LogP contribution in [-0.2, 0) is 14.3 Å². The fourth-order valence-electron chi connectivity index (χ4n) is 8.17. The third-order valence-corrected chi connectivity index (χ3v) is 12.2. The summed E-state index contributed by atoms with van der Waals surface area (Å²) >= 11 is 0. The van der Waals surface area contributed by atoms with Gasteiger partial charge in [-0.25, -0.2) is 0 Å². The Balaban J connectivity index is 3.40. The Kier molecular flexibility index (Phi) is 46.6. The van der Waals surface area contributed by atoms with Gasteiger partial charge in [-0.15, -0.1) is 0 Å². The van der Waals surface area contributed by atoms with Crippen molar-refractivity contribution in [2.24, 2.45) is 0 Å². The van der Waals surface area contributed by atoms with Gasteiger partial charge in [-0.1, -0.05) is 251 Å². The number of hydrogen-bond acceptors (Lipinski definition) is 5. The maximum atomic E-state index is 12.4. The third kappa shape index (κ3) is 44.2. The highest BCUT2D eigenvalue weighted by Crippen LogP contribution is 2.17. The second-order valence-electron chi connectivity index (χ2n) is 17.9. The number of hydrogen-bond donors (Lipinski definition) is 3. The van der Waals surface area contributed by atoms with Crippen LogP contribution >= 0.6 is 0 Å². The summed E-state index contributed by atoms with van der Waals surface area (Å²) in [5, 5.41) is 23.1. The molecule has 0 radical (unpaired) electrons. The Hall–Kier alpha value is -1.14. The molecule has 0 aromatic rings. The third-order valence-electron chi connectivity index (χ3n) is 12.2. The van der Waals surface area contributed by atoms with E-state index in [9.17, 15) is 19.8 Å². The van der Waals surface area contributed by atoms with Crippen LogP contribution in [-0.4, -0.2) is 47.4 Å². The molecule has 0 spiro atoms. The highest BCUT2D eigenvalue weighted by molar-refractivity contribution is 5.76. The van der Waals surface area contributed by atoms with Gasteiger partial charge in [0.1, 0.15) is 0 Å². The molecule has 0 rings (SSSR count). The van der Waals surface area contributed by atoms with Crippen molar-refractivity contribution in [2.75, 3.05) is 13.2 Å². The molecule has 0 saturated carbocycles. The van der Waals surface area contributed by atoms with Crippen molar-refractivity contribution in [3.8, 4) is 0 Å². The highest BCUT2D eigenvalue weighted by Gasteiger charge is 2.20. The van der Waals surface area contributed by atoms with E-state index in [1.807, 2.05) is 0 Å². The van der Waals surface area contributed by atoms with Crippen molar-refractivity contribution in [3.05, 3.63) is 0 Å². The molecule has 0 saturated heterocycles. The summed E-state index contributed by atoms with van der Waals surface area (Å²) in [7, 11) is 0. The second kappa shape index (κ2) is 47.5. The van der Waals surface area contributed by atoms with Crippen molar-refractivity contribution in [3.63, 3.8) is 0 Å². The van der Waals surface area contributed by atoms with Gasteiger partial charge in [0.15, 0.2) is 0 Å². The SMILES string of the molecule is CCCCCCCCCCCCCCCCCCCCC(=O)OCCCCCCCCCCCCCCC(=O)NC(CO)C(O)CCCCCCCCCCCC. The number of aliphatic hydroxyl groups excluding tert-OH is 2. The first kappa shape index (κ1) is 55.9. The zero-order valence-corrected chi connectivity index (χ0v) is 38.6. The lowest BCUT2D eigenvalue weighted by Crippen LogP contribution is -2.45. The lowest BCUT2D eigenvalue weighted by Gasteiger charge is -2.22. The number of carbonyl (C=O) groups is 2. The van der Waals surface area contributed by atoms with E-state index in [0.717, 1.165) is 57.8 Å². The Labute approximate surface area is 356 Å². The molecular weight excluding hydrogens is 707 g/mol. The Bertz CT molecular complexity index is 806. The van der Waals surface area contributed by atoms with E-state index < -0.39 is 12.1 Å². The molecule has 0 aliphatic heterocycles. The van der Waals surface area contributed by atoms with Gasteiger partial charge in [0.2, 0.25) is 5.91 Å². The lowest BCUT2D eigenvalue weighted by atomic mass is 10.0. The summed E-state index contributed by atoms with van der Waals surface area (Å²) < 4.78 is 5.47. The van der Waals surface area contributed by atoms with Crippen molar-refractivity contribution in [1.29, 1.82) is 0 Å². The topological polar surface area (TPSA) is 95.9 Å². The number of carbonyl (C=O) groups excluding carboxylic acids is 2. The predicted molar refractivity (Wildman–Crippen MR) is 246 cm³/mol. The van der Waals surface area contributed by atoms with Crippen LogP contribution in [0.25, 0.3) is 0 Å². The molecule has 0 aromatic carbocycles. The molecule has 340 valence electrons. The molecule has 57 heavy (non-hydrogen) atoms. The van der Waals surface area contributed by atoms with Gasteiger partial charge in [-0.05, 0) is 25.7 Å². The molecule has 2 atom stereocenters. The monoisotopic (exact) mass is 808 g/mol. The van der Waals surface area contributed by atoms with Crippen LogP contribution in [0.3, 0.4) is 0 Å². The summed E-state index contributed by atoms with van der Waals surface area (Å²) in [6.45, 7) is 4.92. The van der Waals surface area contributed by atoms with Crippen LogP contribution < -0.4 is 5.32 Å². The fraction of sp³-hybridized carbons (Fsp3) is 0.961. The van der Waals surface area contributed by atoms with Gasteiger partial charge in [0.25, 0.3) is 0 Å². The van der Waals surface area contributed by atoms with Crippen LogP contribution in [0.15, 0.2) is 0 Å². The van der Waals surface area contributed by atoms with E-state index in [-0.39, 0.29) is 18.5 Å². The number of aliphatic hydroxyl groups is 2. The number of amides is 1. The van der Waals surface area contributed by atoms with E-state index in [4.69, 9.17) is 4.74 Å². The summed E-state index contributed by atoms with van der Waals surface area (Å²) in [4.78, 5) is 24.5. The molecule has 2 unspecified atom stereocenters. The minimum absolute atomic E-state index is 0.00467. The van der Waals surface area contributed by atoms with E-state index in [1.54, 1.807) is 0 Å². The molecule has 0 heterocycles. The van der Waals surface area contributed by atoms with Crippen LogP contribution in [0.4, 0.5) is 0 Å². The summed E-state index contributed by atoms with van der Waals surface area (Å²) in [5.74, 6) is -0.0554. The fourth-order valence-corrected chi connectivity index (χ4v) is 8.17. The minimum Gasteiger partial charge on any atom is -0.466 e. The van der Waals surface area contributed by atoms with Crippen molar-refractivity contribution in [1.82, 2.24) is 5.32 Å². The van der Waals surface area contributed by atoms with E-state index >= 15 is 0 Å². The number of unbranched alkanes of at least 4 members (excludes halogenated alkanes) is 37. The summed E-state index contributed by atoms with van der Waals surface area (Å²) in [6.07, 6.45) is 52.2. The molecule has 6 nitrogen and oxygen atoms in total. The zero-order chi connectivity index (χ0) is 41.5. The molecular formula is C51H101NO5. The van der Waals surface area contributed by atoms with Crippen LogP contribution in [0.2, 0.25) is 0 Å². The predicted octanol–water partition coefficient (Wildman–Crippen LogP) is 15.2. The normalized spacial score (nSPS) is 12.6. The maximum absolute atomic E-state index is 12.4. The van der Waals surface area contributed by atoms with Crippen LogP contribution in [0.1, 0.15) is 290 Å². The van der Waals surface area contributed by atoms with Gasteiger partial charge in [-0.2, -0.15) is 0 Å². The van der Waals surface area contributed by atoms with Crippen LogP contribution in [0.5, 0.6) is 0 Å². The van der Waals surface area contributed by atoms with Gasteiger partial charge in [0.05, 0.1) is 25.4 Å². The van der Waals surface area contributed by atoms with E-state index in [1.165, 1.54) is 199 Å². The molecule has 6 heteroatoms. The van der Waals surface area contributed by atoms with E-state index in [0.29, 0.717) is 25.9 Å². The summed E-state index contributed by atoms with van der Waals surface area (Å²) in [5.41, 5.74) is 0. The average molecular weight is 808 g/mol. The molecule has 1 amide bonds. The Morgan fingerprint density at radius 3 is 1.07 bits per heavy atom. The molecule has 0 bridgehead atoms. The largest absolute Gasteiger partial charge is 0.466 e. The first-order chi connectivity index (χ1) is 28.0. The molecule has 3 N–H and O–H groups in total. The van der Waals surface area contributed by atoms with Gasteiger partial charge < -0.3 is 20.3 Å². The summed E-state index contributed by atoms with van der Waals surface area (Å²) in [6, 6.07) is -0.549. The van der Waals surface area contributed by atoms with E-state index in [2.05, 4.69) is 19.2 Å². The Morgan fingerprint density at radius 1 is 0.421 bits per heavy atom. The lowest BCUT2D eigenvalue weighted by molar-refractivity contribution is -0.143. The molecule has 0 aliphatic carbocycles. The molecule has 0 aromatic heterocycles. The van der Waals surface area contributed by atoms with Gasteiger partial charge in [0, 0.05) is 12.8 Å². The smallest absolute Gasteiger partial charge is 0.305 e. The number of esters is 1. The van der Waals surface area contributed by atoms with Crippen molar-refractivity contribution < 1.29 is 24.5 Å². The number of rotatable bonds is 48. The zero-order valence-electron chi connectivity index (χ0n) is 38.6. The molecule has 0 aliphatic rings. The number of nitrogens with one attached hydrogen (secondary N) is 1. The van der Waals surface area contributed by atoms with Crippen molar-refractivity contribution >= 4 is 11.9 Å². The number of ether oxygens (including phenoxy) is 1. The minimum atomic E-state index is -0.671. The van der Waals surface area contributed by atoms with Crippen LogP contribution in [0, 0.1) is 0 Å². The van der Waals surface area contributed by atoms with Gasteiger partial charge >= 0.3 is 5.97 Å². The average Bonchev–Trinajstić information content (AvgIpc) is 3.21. The second-order valence-corrected chi connectivity index (χ2v) is 17.9.